The van der Waals surface area contributed by atoms with Crippen molar-refractivity contribution < 1.29 is 9.47 Å². The molecule has 1 rings (SSSR count). The van der Waals surface area contributed by atoms with Crippen LogP contribution in [0, 0.1) is 5.92 Å². The number of methoxy groups -OCH3 is 2. The molecule has 0 aliphatic heterocycles. The van der Waals surface area contributed by atoms with Crippen molar-refractivity contribution in [3.8, 4) is 11.5 Å². The molecule has 2 unspecified atom stereocenters. The lowest BCUT2D eigenvalue weighted by Gasteiger charge is -2.23. The van der Waals surface area contributed by atoms with E-state index in [2.05, 4.69) is 26.1 Å². The first-order valence-electron chi connectivity index (χ1n) is 7.23. The maximum absolute atomic E-state index is 6.31. The number of nitrogens with one attached hydrogen (secondary N) is 1. The second-order valence-electron chi connectivity index (χ2n) is 5.19. The Bertz CT molecular complexity index is 423. The van der Waals surface area contributed by atoms with Gasteiger partial charge in [-0.05, 0) is 18.8 Å². The van der Waals surface area contributed by atoms with Crippen LogP contribution in [-0.2, 0) is 0 Å². The summed E-state index contributed by atoms with van der Waals surface area (Å²) in [6, 6.07) is 4.11. The van der Waals surface area contributed by atoms with E-state index in [1.54, 1.807) is 20.3 Å². The number of anilines is 1. The second kappa shape index (κ2) is 8.25. The van der Waals surface area contributed by atoms with Crippen LogP contribution in [0.15, 0.2) is 12.1 Å². The SMILES string of the molecule is CCC(C)CC(CC)Nc1cc(OC)c(OC)cc1Cl. The van der Waals surface area contributed by atoms with E-state index in [0.29, 0.717) is 28.5 Å². The van der Waals surface area contributed by atoms with E-state index in [0.717, 1.165) is 18.5 Å². The van der Waals surface area contributed by atoms with Gasteiger partial charge in [-0.3, -0.25) is 0 Å². The van der Waals surface area contributed by atoms with Crippen LogP contribution in [0.1, 0.15) is 40.0 Å². The number of ether oxygens (including phenoxy) is 2. The smallest absolute Gasteiger partial charge is 0.162 e. The van der Waals surface area contributed by atoms with Gasteiger partial charge in [-0.15, -0.1) is 0 Å². The van der Waals surface area contributed by atoms with Crippen LogP contribution < -0.4 is 14.8 Å². The lowest BCUT2D eigenvalue weighted by atomic mass is 9.97. The molecule has 0 saturated carbocycles. The first kappa shape index (κ1) is 17.0. The van der Waals surface area contributed by atoms with Crippen LogP contribution >= 0.6 is 11.6 Å². The fraction of sp³-hybridized carbons (Fsp3) is 0.625. The Kier molecular flexibility index (Phi) is 7.00. The third-order valence-electron chi connectivity index (χ3n) is 3.71. The molecule has 1 aromatic carbocycles. The minimum absolute atomic E-state index is 0.417. The molecule has 114 valence electrons. The molecule has 0 aliphatic carbocycles. The van der Waals surface area contributed by atoms with Gasteiger partial charge in [-0.1, -0.05) is 38.8 Å². The number of hydrogen-bond donors (Lipinski definition) is 1. The predicted molar refractivity (Wildman–Crippen MR) is 86.3 cm³/mol. The molecule has 0 fully saturated rings. The summed E-state index contributed by atoms with van der Waals surface area (Å²) in [5.41, 5.74) is 0.902. The zero-order valence-corrected chi connectivity index (χ0v) is 13.9. The van der Waals surface area contributed by atoms with E-state index < -0.39 is 0 Å². The quantitative estimate of drug-likeness (QED) is 0.734. The summed E-state index contributed by atoms with van der Waals surface area (Å²) < 4.78 is 10.6. The van der Waals surface area contributed by atoms with Crippen LogP contribution in [0.25, 0.3) is 0 Å². The van der Waals surface area contributed by atoms with Crippen LogP contribution in [0.4, 0.5) is 5.69 Å². The van der Waals surface area contributed by atoms with Crippen LogP contribution in [0.5, 0.6) is 11.5 Å². The van der Waals surface area contributed by atoms with Crippen molar-refractivity contribution in [2.24, 2.45) is 5.92 Å². The van der Waals surface area contributed by atoms with Gasteiger partial charge in [-0.25, -0.2) is 0 Å². The summed E-state index contributed by atoms with van der Waals surface area (Å²) >= 11 is 6.31. The summed E-state index contributed by atoms with van der Waals surface area (Å²) in [5.74, 6) is 2.04. The third-order valence-corrected chi connectivity index (χ3v) is 4.02. The van der Waals surface area contributed by atoms with Gasteiger partial charge in [0, 0.05) is 18.2 Å². The summed E-state index contributed by atoms with van der Waals surface area (Å²) in [4.78, 5) is 0. The van der Waals surface area contributed by atoms with Crippen molar-refractivity contribution >= 4 is 17.3 Å². The van der Waals surface area contributed by atoms with Gasteiger partial charge in [0.05, 0.1) is 24.9 Å². The first-order valence-corrected chi connectivity index (χ1v) is 7.61. The average Bonchev–Trinajstić information content (AvgIpc) is 2.47. The molecule has 0 aromatic heterocycles. The molecular weight excluding hydrogens is 274 g/mol. The van der Waals surface area contributed by atoms with E-state index in [4.69, 9.17) is 21.1 Å². The molecule has 0 saturated heterocycles. The normalized spacial score (nSPS) is 13.7. The summed E-state index contributed by atoms with van der Waals surface area (Å²) in [7, 11) is 3.24. The molecule has 1 aromatic rings. The number of benzene rings is 1. The summed E-state index contributed by atoms with van der Waals surface area (Å²) in [6.07, 6.45) is 3.39. The minimum atomic E-state index is 0.417. The molecule has 0 aliphatic rings. The van der Waals surface area contributed by atoms with Crippen molar-refractivity contribution in [3.05, 3.63) is 17.2 Å². The highest BCUT2D eigenvalue weighted by molar-refractivity contribution is 6.33. The first-order chi connectivity index (χ1) is 9.55. The standard InChI is InChI=1S/C16H26ClNO2/c1-6-11(3)8-12(7-2)18-14-10-16(20-5)15(19-4)9-13(14)17/h9-12,18H,6-8H2,1-5H3. The van der Waals surface area contributed by atoms with Crippen molar-refractivity contribution in [1.82, 2.24) is 0 Å². The van der Waals surface area contributed by atoms with Gasteiger partial charge in [0.1, 0.15) is 0 Å². The van der Waals surface area contributed by atoms with Crippen molar-refractivity contribution in [2.45, 2.75) is 46.1 Å². The fourth-order valence-electron chi connectivity index (χ4n) is 2.16. The lowest BCUT2D eigenvalue weighted by Crippen LogP contribution is -2.21. The van der Waals surface area contributed by atoms with E-state index in [-0.39, 0.29) is 0 Å². The molecule has 3 nitrogen and oxygen atoms in total. The van der Waals surface area contributed by atoms with Gasteiger partial charge >= 0.3 is 0 Å². The zero-order valence-electron chi connectivity index (χ0n) is 13.1. The Labute approximate surface area is 127 Å². The third kappa shape index (κ3) is 4.48. The molecule has 1 N–H and O–H groups in total. The van der Waals surface area contributed by atoms with E-state index in [1.807, 2.05) is 6.07 Å². The van der Waals surface area contributed by atoms with Gasteiger partial charge in [-0.2, -0.15) is 0 Å². The number of hydrogen-bond acceptors (Lipinski definition) is 3. The van der Waals surface area contributed by atoms with Gasteiger partial charge in [0.15, 0.2) is 11.5 Å². The maximum Gasteiger partial charge on any atom is 0.162 e. The maximum atomic E-state index is 6.31. The van der Waals surface area contributed by atoms with E-state index >= 15 is 0 Å². The van der Waals surface area contributed by atoms with Crippen LogP contribution in [-0.4, -0.2) is 20.3 Å². The highest BCUT2D eigenvalue weighted by atomic mass is 35.5. The van der Waals surface area contributed by atoms with E-state index in [9.17, 15) is 0 Å². The molecule has 0 heterocycles. The Balaban J connectivity index is 2.89. The monoisotopic (exact) mass is 299 g/mol. The molecule has 4 heteroatoms. The number of halogens is 1. The summed E-state index contributed by atoms with van der Waals surface area (Å²) in [6.45, 7) is 6.69. The van der Waals surface area contributed by atoms with Crippen molar-refractivity contribution in [2.75, 3.05) is 19.5 Å². The molecule has 0 radical (unpaired) electrons. The van der Waals surface area contributed by atoms with Crippen molar-refractivity contribution in [1.29, 1.82) is 0 Å². The molecule has 0 amide bonds. The van der Waals surface area contributed by atoms with Crippen LogP contribution in [0.3, 0.4) is 0 Å². The molecule has 0 bridgehead atoms. The topological polar surface area (TPSA) is 30.5 Å². The largest absolute Gasteiger partial charge is 0.493 e. The Hall–Kier alpha value is -1.09. The second-order valence-corrected chi connectivity index (χ2v) is 5.59. The zero-order chi connectivity index (χ0) is 15.1. The van der Waals surface area contributed by atoms with Gasteiger partial charge < -0.3 is 14.8 Å². The average molecular weight is 300 g/mol. The highest BCUT2D eigenvalue weighted by Crippen LogP contribution is 2.36. The van der Waals surface area contributed by atoms with Crippen molar-refractivity contribution in [3.63, 3.8) is 0 Å². The fourth-order valence-corrected chi connectivity index (χ4v) is 2.37. The number of rotatable bonds is 8. The van der Waals surface area contributed by atoms with Gasteiger partial charge in [0.25, 0.3) is 0 Å². The van der Waals surface area contributed by atoms with Gasteiger partial charge in [0.2, 0.25) is 0 Å². The molecule has 20 heavy (non-hydrogen) atoms. The molecular formula is C16H26ClNO2. The summed E-state index contributed by atoms with van der Waals surface area (Å²) in [5, 5.41) is 4.18. The Morgan fingerprint density at radius 3 is 2.20 bits per heavy atom. The molecule has 2 atom stereocenters. The van der Waals surface area contributed by atoms with Crippen LogP contribution in [0.2, 0.25) is 5.02 Å². The Morgan fingerprint density at radius 2 is 1.70 bits per heavy atom. The Morgan fingerprint density at radius 1 is 1.10 bits per heavy atom. The minimum Gasteiger partial charge on any atom is -0.493 e. The predicted octanol–water partition coefficient (Wildman–Crippen LogP) is 4.98. The lowest BCUT2D eigenvalue weighted by molar-refractivity contribution is 0.355. The molecule has 0 spiro atoms. The highest BCUT2D eigenvalue weighted by Gasteiger charge is 2.14. The van der Waals surface area contributed by atoms with E-state index in [1.165, 1.54) is 6.42 Å².